The van der Waals surface area contributed by atoms with Gasteiger partial charge in [-0.2, -0.15) is 0 Å². The number of nitrogens with one attached hydrogen (secondary N) is 1. The lowest BCUT2D eigenvalue weighted by Gasteiger charge is -2.19. The van der Waals surface area contributed by atoms with Gasteiger partial charge >= 0.3 is 0 Å². The number of rotatable bonds is 7. The van der Waals surface area contributed by atoms with Gasteiger partial charge in [-0.1, -0.05) is 12.1 Å². The largest absolute Gasteiger partial charge is 0.497 e. The summed E-state index contributed by atoms with van der Waals surface area (Å²) in [7, 11) is 5.21. The Morgan fingerprint density at radius 2 is 1.86 bits per heavy atom. The molecule has 6 nitrogen and oxygen atoms in total. The first-order valence-corrected chi connectivity index (χ1v) is 7.02. The molecular formula is C15H22N4O2. The Morgan fingerprint density at radius 3 is 2.38 bits per heavy atom. The predicted octanol–water partition coefficient (Wildman–Crippen LogP) is 2.01. The smallest absolute Gasteiger partial charge is 0.122 e. The fourth-order valence-corrected chi connectivity index (χ4v) is 2.36. The number of methoxy groups -OCH3 is 2. The normalized spacial score (nSPS) is 12.2. The average Bonchev–Trinajstić information content (AvgIpc) is 2.96. The van der Waals surface area contributed by atoms with E-state index in [1.165, 1.54) is 0 Å². The number of aromatic nitrogens is 3. The molecule has 1 atom stereocenters. The van der Waals surface area contributed by atoms with E-state index in [2.05, 4.69) is 22.6 Å². The van der Waals surface area contributed by atoms with Crippen molar-refractivity contribution in [2.75, 3.05) is 21.3 Å². The molecule has 1 aromatic carbocycles. The molecule has 0 saturated heterocycles. The molecule has 0 bridgehead atoms. The highest BCUT2D eigenvalue weighted by Crippen LogP contribution is 2.29. The van der Waals surface area contributed by atoms with Gasteiger partial charge in [-0.05, 0) is 31.2 Å². The van der Waals surface area contributed by atoms with E-state index in [1.54, 1.807) is 20.4 Å². The summed E-state index contributed by atoms with van der Waals surface area (Å²) in [4.78, 5) is 0. The summed E-state index contributed by atoms with van der Waals surface area (Å²) in [6.45, 7) is 2.96. The Balaban J connectivity index is 2.43. The Kier molecular flexibility index (Phi) is 5.16. The third-order valence-corrected chi connectivity index (χ3v) is 3.37. The van der Waals surface area contributed by atoms with Crippen LogP contribution in [0.4, 0.5) is 0 Å². The minimum absolute atomic E-state index is 0.0180. The van der Waals surface area contributed by atoms with Crippen LogP contribution in [-0.4, -0.2) is 36.3 Å². The number of nitrogens with zero attached hydrogens (tertiary/aromatic N) is 3. The molecular weight excluding hydrogens is 268 g/mol. The Morgan fingerprint density at radius 1 is 1.19 bits per heavy atom. The standard InChI is InChI=1S/C15H22N4O2/c1-5-6-19-14(10-17-18-19)15(16-2)11-7-12(20-3)9-13(8-11)21-4/h7-10,15-16H,5-6H2,1-4H3. The van der Waals surface area contributed by atoms with Crippen molar-refractivity contribution < 1.29 is 9.47 Å². The molecule has 2 aromatic rings. The molecule has 2 rings (SSSR count). The van der Waals surface area contributed by atoms with E-state index in [0.717, 1.165) is 35.7 Å². The van der Waals surface area contributed by atoms with Gasteiger partial charge in [0.05, 0.1) is 32.2 Å². The van der Waals surface area contributed by atoms with E-state index >= 15 is 0 Å². The van der Waals surface area contributed by atoms with Crippen LogP contribution in [0.3, 0.4) is 0 Å². The summed E-state index contributed by atoms with van der Waals surface area (Å²) >= 11 is 0. The minimum Gasteiger partial charge on any atom is -0.497 e. The Bertz CT molecular complexity index is 561. The van der Waals surface area contributed by atoms with Crippen molar-refractivity contribution in [1.82, 2.24) is 20.3 Å². The quantitative estimate of drug-likeness (QED) is 0.845. The molecule has 1 unspecified atom stereocenters. The molecule has 0 radical (unpaired) electrons. The maximum absolute atomic E-state index is 5.34. The van der Waals surface area contributed by atoms with Gasteiger partial charge < -0.3 is 14.8 Å². The lowest BCUT2D eigenvalue weighted by Crippen LogP contribution is -2.21. The van der Waals surface area contributed by atoms with Gasteiger partial charge in [0.2, 0.25) is 0 Å². The Hall–Kier alpha value is -2.08. The summed E-state index contributed by atoms with van der Waals surface area (Å²) in [5.41, 5.74) is 2.07. The monoisotopic (exact) mass is 290 g/mol. The zero-order valence-electron chi connectivity index (χ0n) is 13.0. The van der Waals surface area contributed by atoms with Crippen LogP contribution in [0, 0.1) is 0 Å². The number of ether oxygens (including phenoxy) is 2. The number of hydrogen-bond acceptors (Lipinski definition) is 5. The molecule has 6 heteroatoms. The van der Waals surface area contributed by atoms with E-state index in [-0.39, 0.29) is 6.04 Å². The molecule has 0 aliphatic rings. The van der Waals surface area contributed by atoms with Crippen LogP contribution < -0.4 is 14.8 Å². The molecule has 0 amide bonds. The zero-order chi connectivity index (χ0) is 15.2. The van der Waals surface area contributed by atoms with Crippen LogP contribution in [-0.2, 0) is 6.54 Å². The minimum atomic E-state index is -0.0180. The first-order valence-electron chi connectivity index (χ1n) is 7.02. The van der Waals surface area contributed by atoms with Crippen molar-refractivity contribution in [3.63, 3.8) is 0 Å². The maximum atomic E-state index is 5.34. The topological polar surface area (TPSA) is 61.2 Å². The van der Waals surface area contributed by atoms with Crippen LogP contribution >= 0.6 is 0 Å². The summed E-state index contributed by atoms with van der Waals surface area (Å²) in [6.07, 6.45) is 2.80. The fraction of sp³-hybridized carbons (Fsp3) is 0.467. The third-order valence-electron chi connectivity index (χ3n) is 3.37. The van der Waals surface area contributed by atoms with Crippen LogP contribution in [0.1, 0.15) is 30.6 Å². The van der Waals surface area contributed by atoms with Gasteiger partial charge in [0.25, 0.3) is 0 Å². The number of hydrogen-bond donors (Lipinski definition) is 1. The average molecular weight is 290 g/mol. The number of aryl methyl sites for hydroxylation is 1. The van der Waals surface area contributed by atoms with Crippen LogP contribution in [0.15, 0.2) is 24.4 Å². The third kappa shape index (κ3) is 3.33. The molecule has 114 valence electrons. The fourth-order valence-electron chi connectivity index (χ4n) is 2.36. The SMILES string of the molecule is CCCn1nncc1C(NC)c1cc(OC)cc(OC)c1. The zero-order valence-corrected chi connectivity index (χ0v) is 13.0. The van der Waals surface area contributed by atoms with E-state index in [1.807, 2.05) is 29.9 Å². The molecule has 0 fully saturated rings. The summed E-state index contributed by atoms with van der Waals surface area (Å²) < 4.78 is 12.6. The molecule has 0 saturated carbocycles. The predicted molar refractivity (Wildman–Crippen MR) is 80.8 cm³/mol. The molecule has 1 N–H and O–H groups in total. The highest BCUT2D eigenvalue weighted by molar-refractivity contribution is 5.41. The van der Waals surface area contributed by atoms with E-state index in [9.17, 15) is 0 Å². The maximum Gasteiger partial charge on any atom is 0.122 e. The summed E-state index contributed by atoms with van der Waals surface area (Å²) in [6, 6.07) is 5.83. The highest BCUT2D eigenvalue weighted by atomic mass is 16.5. The second-order valence-corrected chi connectivity index (χ2v) is 4.75. The molecule has 1 aromatic heterocycles. The first kappa shape index (κ1) is 15.3. The molecule has 0 spiro atoms. The van der Waals surface area contributed by atoms with Crippen LogP contribution in [0.25, 0.3) is 0 Å². The number of benzene rings is 1. The second kappa shape index (κ2) is 7.08. The van der Waals surface area contributed by atoms with E-state index in [4.69, 9.17) is 9.47 Å². The van der Waals surface area contributed by atoms with Gasteiger partial charge in [-0.15, -0.1) is 5.10 Å². The van der Waals surface area contributed by atoms with E-state index < -0.39 is 0 Å². The van der Waals surface area contributed by atoms with Crippen molar-refractivity contribution in [2.45, 2.75) is 25.9 Å². The lowest BCUT2D eigenvalue weighted by molar-refractivity contribution is 0.392. The first-order chi connectivity index (χ1) is 10.2. The van der Waals surface area contributed by atoms with Gasteiger partial charge in [0.15, 0.2) is 0 Å². The Labute approximate surface area is 125 Å². The van der Waals surface area contributed by atoms with E-state index in [0.29, 0.717) is 0 Å². The summed E-state index contributed by atoms with van der Waals surface area (Å²) in [5, 5.41) is 11.5. The molecule has 1 heterocycles. The van der Waals surface area contributed by atoms with Crippen molar-refractivity contribution in [1.29, 1.82) is 0 Å². The van der Waals surface area contributed by atoms with Crippen molar-refractivity contribution >= 4 is 0 Å². The summed E-state index contributed by atoms with van der Waals surface area (Å²) in [5.74, 6) is 1.53. The van der Waals surface area contributed by atoms with Gasteiger partial charge in [0, 0.05) is 12.6 Å². The van der Waals surface area contributed by atoms with Gasteiger partial charge in [-0.3, -0.25) is 0 Å². The highest BCUT2D eigenvalue weighted by Gasteiger charge is 2.19. The molecule has 0 aliphatic carbocycles. The van der Waals surface area contributed by atoms with Gasteiger partial charge in [-0.25, -0.2) is 4.68 Å². The van der Waals surface area contributed by atoms with Gasteiger partial charge in [0.1, 0.15) is 11.5 Å². The lowest BCUT2D eigenvalue weighted by atomic mass is 10.0. The van der Waals surface area contributed by atoms with Crippen LogP contribution in [0.5, 0.6) is 11.5 Å². The van der Waals surface area contributed by atoms with Crippen LogP contribution in [0.2, 0.25) is 0 Å². The molecule has 0 aliphatic heterocycles. The molecule has 21 heavy (non-hydrogen) atoms. The van der Waals surface area contributed by atoms with Crippen molar-refractivity contribution in [3.05, 3.63) is 35.7 Å². The van der Waals surface area contributed by atoms with Crippen molar-refractivity contribution in [2.24, 2.45) is 0 Å². The van der Waals surface area contributed by atoms with Crippen molar-refractivity contribution in [3.8, 4) is 11.5 Å². The second-order valence-electron chi connectivity index (χ2n) is 4.75.